The van der Waals surface area contributed by atoms with Gasteiger partial charge in [-0.2, -0.15) is 5.26 Å². The summed E-state index contributed by atoms with van der Waals surface area (Å²) in [5.41, 5.74) is 0.578. The van der Waals surface area contributed by atoms with E-state index in [-0.39, 0.29) is 6.61 Å². The SMILES string of the molecule is CC(C)(C#N)CC(O)COCc1ccccc1. The van der Waals surface area contributed by atoms with Gasteiger partial charge in [0.1, 0.15) is 0 Å². The largest absolute Gasteiger partial charge is 0.391 e. The van der Waals surface area contributed by atoms with Crippen molar-refractivity contribution in [3.8, 4) is 6.07 Å². The number of rotatable bonds is 6. The summed E-state index contributed by atoms with van der Waals surface area (Å²) in [7, 11) is 0. The van der Waals surface area contributed by atoms with Crippen LogP contribution in [0.3, 0.4) is 0 Å². The zero-order valence-corrected chi connectivity index (χ0v) is 10.4. The second-order valence-corrected chi connectivity index (χ2v) is 4.85. The van der Waals surface area contributed by atoms with Gasteiger partial charge in [-0.15, -0.1) is 0 Å². The molecule has 0 fully saturated rings. The van der Waals surface area contributed by atoms with Gasteiger partial charge in [0.2, 0.25) is 0 Å². The number of hydrogen-bond acceptors (Lipinski definition) is 3. The van der Waals surface area contributed by atoms with Crippen molar-refractivity contribution in [3.05, 3.63) is 35.9 Å². The highest BCUT2D eigenvalue weighted by atomic mass is 16.5. The number of nitriles is 1. The first-order valence-corrected chi connectivity index (χ1v) is 5.74. The highest BCUT2D eigenvalue weighted by molar-refractivity contribution is 5.13. The molecule has 0 heterocycles. The van der Waals surface area contributed by atoms with Crippen LogP contribution in [0.15, 0.2) is 30.3 Å². The second kappa shape index (κ2) is 6.39. The minimum atomic E-state index is -0.589. The number of benzene rings is 1. The van der Waals surface area contributed by atoms with E-state index in [9.17, 15) is 5.11 Å². The topological polar surface area (TPSA) is 53.2 Å². The zero-order chi connectivity index (χ0) is 12.7. The highest BCUT2D eigenvalue weighted by Crippen LogP contribution is 2.20. The Balaban J connectivity index is 2.26. The Hall–Kier alpha value is -1.37. The Labute approximate surface area is 103 Å². The fourth-order valence-corrected chi connectivity index (χ4v) is 1.58. The molecule has 92 valence electrons. The average Bonchev–Trinajstić information content (AvgIpc) is 2.30. The standard InChI is InChI=1S/C14H19NO2/c1-14(2,11-15)8-13(16)10-17-9-12-6-4-3-5-7-12/h3-7,13,16H,8-10H2,1-2H3. The van der Waals surface area contributed by atoms with Gasteiger partial charge in [0.05, 0.1) is 30.8 Å². The molecular weight excluding hydrogens is 214 g/mol. The summed E-state index contributed by atoms with van der Waals surface area (Å²) in [5, 5.41) is 18.6. The summed E-state index contributed by atoms with van der Waals surface area (Å²) in [6, 6.07) is 12.0. The molecule has 0 bridgehead atoms. The lowest BCUT2D eigenvalue weighted by atomic mass is 9.89. The van der Waals surface area contributed by atoms with E-state index in [0.717, 1.165) is 5.56 Å². The lowest BCUT2D eigenvalue weighted by molar-refractivity contribution is 0.0132. The van der Waals surface area contributed by atoms with E-state index >= 15 is 0 Å². The first kappa shape index (κ1) is 13.7. The molecule has 3 nitrogen and oxygen atoms in total. The number of aliphatic hydroxyl groups is 1. The summed E-state index contributed by atoms with van der Waals surface area (Å²) >= 11 is 0. The molecule has 0 saturated heterocycles. The smallest absolute Gasteiger partial charge is 0.0788 e. The summed E-state index contributed by atoms with van der Waals surface area (Å²) < 4.78 is 5.41. The lowest BCUT2D eigenvalue weighted by Gasteiger charge is -2.19. The molecule has 17 heavy (non-hydrogen) atoms. The Morgan fingerprint density at radius 2 is 2.00 bits per heavy atom. The molecule has 1 aromatic carbocycles. The Morgan fingerprint density at radius 1 is 1.35 bits per heavy atom. The maximum Gasteiger partial charge on any atom is 0.0788 e. The molecule has 1 rings (SSSR count). The molecule has 0 amide bonds. The molecule has 0 aromatic heterocycles. The number of ether oxygens (including phenoxy) is 1. The van der Waals surface area contributed by atoms with E-state index in [1.165, 1.54) is 0 Å². The van der Waals surface area contributed by atoms with Crippen molar-refractivity contribution >= 4 is 0 Å². The first-order valence-electron chi connectivity index (χ1n) is 5.74. The van der Waals surface area contributed by atoms with Gasteiger partial charge < -0.3 is 9.84 Å². The van der Waals surface area contributed by atoms with Crippen molar-refractivity contribution < 1.29 is 9.84 Å². The van der Waals surface area contributed by atoms with Gasteiger partial charge in [-0.3, -0.25) is 0 Å². The van der Waals surface area contributed by atoms with E-state index in [4.69, 9.17) is 10.00 Å². The maximum atomic E-state index is 9.72. The fourth-order valence-electron chi connectivity index (χ4n) is 1.58. The number of aliphatic hydroxyl groups excluding tert-OH is 1. The Morgan fingerprint density at radius 3 is 2.59 bits per heavy atom. The van der Waals surface area contributed by atoms with Crippen LogP contribution >= 0.6 is 0 Å². The molecular formula is C14H19NO2. The molecule has 0 radical (unpaired) electrons. The molecule has 1 unspecified atom stereocenters. The molecule has 0 saturated carbocycles. The molecule has 0 aliphatic carbocycles. The Kier molecular flexibility index (Phi) is 5.14. The number of nitrogens with zero attached hydrogens (tertiary/aromatic N) is 1. The van der Waals surface area contributed by atoms with Crippen molar-refractivity contribution in [2.75, 3.05) is 6.61 Å². The summed E-state index contributed by atoms with van der Waals surface area (Å²) in [4.78, 5) is 0. The van der Waals surface area contributed by atoms with Crippen molar-refractivity contribution in [2.45, 2.75) is 33.0 Å². The van der Waals surface area contributed by atoms with E-state index in [2.05, 4.69) is 6.07 Å². The van der Waals surface area contributed by atoms with Crippen molar-refractivity contribution in [2.24, 2.45) is 5.41 Å². The van der Waals surface area contributed by atoms with Crippen LogP contribution in [-0.2, 0) is 11.3 Å². The van der Waals surface area contributed by atoms with Crippen LogP contribution in [0, 0.1) is 16.7 Å². The quantitative estimate of drug-likeness (QED) is 0.821. The second-order valence-electron chi connectivity index (χ2n) is 4.85. The van der Waals surface area contributed by atoms with Crippen LogP contribution in [0.1, 0.15) is 25.8 Å². The molecule has 1 N–H and O–H groups in total. The highest BCUT2D eigenvalue weighted by Gasteiger charge is 2.21. The molecule has 1 aromatic rings. The monoisotopic (exact) mass is 233 g/mol. The molecule has 0 spiro atoms. The van der Waals surface area contributed by atoms with E-state index < -0.39 is 11.5 Å². The zero-order valence-electron chi connectivity index (χ0n) is 10.4. The predicted octanol–water partition coefficient (Wildman–Crippen LogP) is 2.50. The predicted molar refractivity (Wildman–Crippen MR) is 66.1 cm³/mol. The van der Waals surface area contributed by atoms with Gasteiger partial charge in [-0.1, -0.05) is 30.3 Å². The van der Waals surface area contributed by atoms with E-state index in [1.54, 1.807) is 0 Å². The van der Waals surface area contributed by atoms with Crippen LogP contribution < -0.4 is 0 Å². The molecule has 3 heteroatoms. The third kappa shape index (κ3) is 5.48. The summed E-state index contributed by atoms with van der Waals surface area (Å²) in [6.07, 6.45) is -0.161. The van der Waals surface area contributed by atoms with Crippen molar-refractivity contribution in [3.63, 3.8) is 0 Å². The van der Waals surface area contributed by atoms with Gasteiger partial charge in [-0.25, -0.2) is 0 Å². The van der Waals surface area contributed by atoms with Crippen LogP contribution in [0.4, 0.5) is 0 Å². The number of hydrogen-bond donors (Lipinski definition) is 1. The molecule has 0 aliphatic heterocycles. The van der Waals surface area contributed by atoms with Gasteiger partial charge in [0.25, 0.3) is 0 Å². The normalized spacial score (nSPS) is 13.1. The Bertz CT molecular complexity index is 368. The van der Waals surface area contributed by atoms with Crippen LogP contribution in [-0.4, -0.2) is 17.8 Å². The van der Waals surface area contributed by atoms with Gasteiger partial charge in [0.15, 0.2) is 0 Å². The first-order chi connectivity index (χ1) is 8.03. The average molecular weight is 233 g/mol. The van der Waals surface area contributed by atoms with Gasteiger partial charge in [-0.05, 0) is 25.8 Å². The summed E-state index contributed by atoms with van der Waals surface area (Å²) in [6.45, 7) is 4.38. The van der Waals surface area contributed by atoms with E-state index in [1.807, 2.05) is 44.2 Å². The van der Waals surface area contributed by atoms with Crippen LogP contribution in [0.25, 0.3) is 0 Å². The van der Waals surface area contributed by atoms with Crippen molar-refractivity contribution in [1.29, 1.82) is 5.26 Å². The molecule has 1 atom stereocenters. The molecule has 0 aliphatic rings. The minimum absolute atomic E-state index is 0.264. The lowest BCUT2D eigenvalue weighted by Crippen LogP contribution is -2.23. The third-order valence-corrected chi connectivity index (χ3v) is 2.47. The summed E-state index contributed by atoms with van der Waals surface area (Å²) in [5.74, 6) is 0. The van der Waals surface area contributed by atoms with Crippen molar-refractivity contribution in [1.82, 2.24) is 0 Å². The van der Waals surface area contributed by atoms with E-state index in [0.29, 0.717) is 13.0 Å². The van der Waals surface area contributed by atoms with Gasteiger partial charge >= 0.3 is 0 Å². The third-order valence-electron chi connectivity index (χ3n) is 2.47. The maximum absolute atomic E-state index is 9.72. The fraction of sp³-hybridized carbons (Fsp3) is 0.500. The van der Waals surface area contributed by atoms with Gasteiger partial charge in [0, 0.05) is 0 Å². The van der Waals surface area contributed by atoms with Crippen LogP contribution in [0.2, 0.25) is 0 Å². The minimum Gasteiger partial charge on any atom is -0.391 e. The van der Waals surface area contributed by atoms with Crippen LogP contribution in [0.5, 0.6) is 0 Å².